The third-order valence-electron chi connectivity index (χ3n) is 11.3. The van der Waals surface area contributed by atoms with Gasteiger partial charge in [0.15, 0.2) is 23.3 Å². The Kier molecular flexibility index (Phi) is 15.8. The largest absolute Gasteiger partial charge is 0.324 e. The van der Waals surface area contributed by atoms with Crippen LogP contribution in [0.1, 0.15) is 125 Å². The number of H-pyrrole nitrogens is 2. The zero-order valence-electron chi connectivity index (χ0n) is 48.1. The molecule has 0 radical (unpaired) electrons. The van der Waals surface area contributed by atoms with Gasteiger partial charge in [-0.15, -0.1) is 82.3 Å². The van der Waals surface area contributed by atoms with Crippen LogP contribution in [-0.2, 0) is 0 Å². The molecule has 0 amide bonds. The Morgan fingerprint density at radius 2 is 0.632 bits per heavy atom. The van der Waals surface area contributed by atoms with E-state index in [0.29, 0.717) is 45.9 Å². The molecule has 2 N–H and O–H groups in total. The molecule has 0 spiro atoms. The lowest BCUT2D eigenvalue weighted by Gasteiger charge is -2.24. The van der Waals surface area contributed by atoms with Crippen molar-refractivity contribution in [3.63, 3.8) is 0 Å². The smallest absolute Gasteiger partial charge is 0.164 e. The average Bonchev–Trinajstić information content (AvgIpc) is 3.96. The SMILES string of the molecule is CN(C)CCSc1ccc2c(c1)-c1nc-2nc2[nH]c(nc3nc(nc4[nH]c(n1)c1cc(SC(C)(C)C)c(SC(C)(C)C)cc41)-c1cc(SC(C)(C)C)c(SC(C)(C)C)cc1-3)c1cc(SC(C)(C)C)c(SC(C)(C)C)cc21. The number of benzene rings is 4. The maximum atomic E-state index is 5.62. The summed E-state index contributed by atoms with van der Waals surface area (Å²) >= 11 is 13.1. The minimum Gasteiger partial charge on any atom is -0.324 e. The predicted molar refractivity (Wildman–Crippen MR) is 339 cm³/mol. The first-order valence-corrected chi connectivity index (χ1v) is 31.9. The molecule has 3 aromatic heterocycles. The summed E-state index contributed by atoms with van der Waals surface area (Å²) in [5.74, 6) is 3.35. The van der Waals surface area contributed by atoms with E-state index in [1.54, 1.807) is 0 Å². The summed E-state index contributed by atoms with van der Waals surface area (Å²) in [6.07, 6.45) is 0. The number of nitrogens with zero attached hydrogens (tertiary/aromatic N) is 7. The molecule has 2 aliphatic rings. The molecule has 0 aliphatic carbocycles. The van der Waals surface area contributed by atoms with E-state index in [0.717, 1.165) is 61.0 Å². The van der Waals surface area contributed by atoms with Crippen molar-refractivity contribution in [2.75, 3.05) is 26.4 Å². The van der Waals surface area contributed by atoms with E-state index >= 15 is 0 Å². The molecule has 9 rings (SSSR count). The molecule has 9 nitrogen and oxygen atoms in total. The summed E-state index contributed by atoms with van der Waals surface area (Å²) in [6.45, 7) is 41.9. The van der Waals surface area contributed by atoms with Crippen molar-refractivity contribution < 1.29 is 0 Å². The third-order valence-corrected chi connectivity index (χ3v) is 19.7. The quantitative estimate of drug-likeness (QED) is 0.127. The molecule has 2 aliphatic heterocycles. The number of thioether (sulfide) groups is 7. The lowest BCUT2D eigenvalue weighted by atomic mass is 10.1. The van der Waals surface area contributed by atoms with E-state index in [9.17, 15) is 0 Å². The highest BCUT2D eigenvalue weighted by atomic mass is 32.2. The lowest BCUT2D eigenvalue weighted by molar-refractivity contribution is 0.437. The molecule has 0 atom stereocenters. The Labute approximate surface area is 481 Å². The number of nitrogens with one attached hydrogen (secondary N) is 2. The van der Waals surface area contributed by atoms with Crippen molar-refractivity contribution in [2.24, 2.45) is 0 Å². The summed E-state index contributed by atoms with van der Waals surface area (Å²) in [7, 11) is 4.24. The normalized spacial score (nSPS) is 13.6. The van der Waals surface area contributed by atoms with Crippen LogP contribution < -0.4 is 0 Å². The van der Waals surface area contributed by atoms with E-state index < -0.39 is 0 Å². The van der Waals surface area contributed by atoms with Crippen LogP contribution in [0, 0.1) is 0 Å². The summed E-state index contributed by atoms with van der Waals surface area (Å²) < 4.78 is -0.260. The van der Waals surface area contributed by atoms with Crippen LogP contribution in [0.3, 0.4) is 0 Å². The summed E-state index contributed by atoms with van der Waals surface area (Å²) in [5.41, 5.74) is 6.52. The molecule has 0 saturated heterocycles. The standard InChI is InChI=1S/C60H75N9S7/c1-55(2,3)71-41-26-35-36(27-42(41)72-56(4,5)6)51-64-49(35)62-47-33-22-21-32(70-24-23-69(19)20)25-34(33)48(61-47)63-50-37-28-43(73-57(7,8)9)44(74-58(10,11)12)29-38(37)52(65-50)67-54-40-31-46(76-60(16,17)18)45(75-59(13,14)15)30-39(40)53(66-51)68-54/h21-22,25-31H,23-24H2,1-20H3,(H2,61,62,63,64,65,66,67,68). The van der Waals surface area contributed by atoms with Gasteiger partial charge < -0.3 is 14.9 Å². The number of aromatic nitrogens is 8. The van der Waals surface area contributed by atoms with Gasteiger partial charge in [0.25, 0.3) is 0 Å². The molecule has 0 fully saturated rings. The van der Waals surface area contributed by atoms with E-state index in [1.165, 1.54) is 29.4 Å². The Morgan fingerprint density at radius 3 is 0.921 bits per heavy atom. The van der Waals surface area contributed by atoms with Crippen molar-refractivity contribution in [3.8, 4) is 45.6 Å². The van der Waals surface area contributed by atoms with Crippen molar-refractivity contribution >= 4 is 126 Å². The Balaban J connectivity index is 1.46. The first-order valence-electron chi connectivity index (χ1n) is 26.0. The number of hydrogen-bond acceptors (Lipinski definition) is 14. The van der Waals surface area contributed by atoms with Crippen molar-refractivity contribution in [2.45, 2.75) is 187 Å². The molecular weight excluding hydrogens is 1070 g/mol. The number of rotatable bonds is 10. The number of hydrogen-bond donors (Lipinski definition) is 2. The number of fused-ring (bicyclic) bond motifs is 20. The zero-order valence-corrected chi connectivity index (χ0v) is 53.8. The maximum absolute atomic E-state index is 5.62. The summed E-state index contributed by atoms with van der Waals surface area (Å²) in [4.78, 5) is 51.4. The molecule has 16 heteroatoms. The highest BCUT2D eigenvalue weighted by Crippen LogP contribution is 2.51. The van der Waals surface area contributed by atoms with Crippen molar-refractivity contribution in [3.05, 3.63) is 54.6 Å². The van der Waals surface area contributed by atoms with Gasteiger partial charge in [-0.05, 0) is 68.7 Å². The molecule has 4 aromatic carbocycles. The fourth-order valence-electron chi connectivity index (χ4n) is 8.68. The van der Waals surface area contributed by atoms with E-state index in [1.807, 2.05) is 82.3 Å². The van der Waals surface area contributed by atoms with Gasteiger partial charge in [0.05, 0.1) is 0 Å². The van der Waals surface area contributed by atoms with Crippen molar-refractivity contribution in [1.29, 1.82) is 0 Å². The molecule has 0 unspecified atom stereocenters. The van der Waals surface area contributed by atoms with Crippen LogP contribution in [0.2, 0.25) is 0 Å². The second-order valence-corrected chi connectivity index (χ2v) is 38.2. The van der Waals surface area contributed by atoms with Crippen LogP contribution in [-0.4, -0.2) is 99.6 Å². The molecule has 76 heavy (non-hydrogen) atoms. The molecule has 7 aromatic rings. The fraction of sp³-hybridized carbons (Fsp3) is 0.467. The van der Waals surface area contributed by atoms with Gasteiger partial charge in [-0.1, -0.05) is 125 Å². The average molecular weight is 1150 g/mol. The second-order valence-electron chi connectivity index (χ2n) is 25.8. The van der Waals surface area contributed by atoms with Crippen LogP contribution in [0.25, 0.3) is 89.7 Å². The van der Waals surface area contributed by atoms with Crippen LogP contribution >= 0.6 is 82.3 Å². The Bertz CT molecular complexity index is 3570. The van der Waals surface area contributed by atoms with E-state index in [2.05, 4.69) is 208 Å². The third kappa shape index (κ3) is 13.8. The summed E-state index contributed by atoms with van der Waals surface area (Å²) in [5, 5.41) is 3.89. The monoisotopic (exact) mass is 1150 g/mol. The van der Waals surface area contributed by atoms with Gasteiger partial charge in [0.2, 0.25) is 0 Å². The highest BCUT2D eigenvalue weighted by Gasteiger charge is 2.30. The first kappa shape index (κ1) is 57.3. The molecule has 402 valence electrons. The van der Waals surface area contributed by atoms with E-state index in [-0.39, 0.29) is 28.5 Å². The van der Waals surface area contributed by atoms with Crippen LogP contribution in [0.4, 0.5) is 0 Å². The van der Waals surface area contributed by atoms with Crippen LogP contribution in [0.15, 0.2) is 88.9 Å². The van der Waals surface area contributed by atoms with Crippen LogP contribution in [0.5, 0.6) is 0 Å². The van der Waals surface area contributed by atoms with Gasteiger partial charge in [0.1, 0.15) is 22.6 Å². The Morgan fingerprint density at radius 1 is 0.355 bits per heavy atom. The molecule has 8 bridgehead atoms. The second kappa shape index (κ2) is 21.0. The van der Waals surface area contributed by atoms with Gasteiger partial charge in [0, 0.05) is 119 Å². The fourth-order valence-corrected chi connectivity index (χ4v) is 16.5. The molecule has 5 heterocycles. The molecular formula is C60H75N9S7. The minimum atomic E-state index is -0.0476. The van der Waals surface area contributed by atoms with Gasteiger partial charge in [-0.2, -0.15) is 0 Å². The first-order chi connectivity index (χ1) is 35.1. The minimum absolute atomic E-state index is 0.0398. The molecule has 0 saturated carbocycles. The topological polar surface area (TPSA) is 112 Å². The summed E-state index contributed by atoms with van der Waals surface area (Å²) in [6, 6.07) is 20.5. The number of aromatic amines is 2. The van der Waals surface area contributed by atoms with Gasteiger partial charge in [-0.3, -0.25) is 0 Å². The highest BCUT2D eigenvalue weighted by molar-refractivity contribution is 8.04. The zero-order chi connectivity index (χ0) is 55.2. The maximum Gasteiger partial charge on any atom is 0.164 e. The predicted octanol–water partition coefficient (Wildman–Crippen LogP) is 18.9. The lowest BCUT2D eigenvalue weighted by Crippen LogP contribution is -2.14. The Hall–Kier alpha value is -3.35. The van der Waals surface area contributed by atoms with Crippen molar-refractivity contribution in [1.82, 2.24) is 44.8 Å². The van der Waals surface area contributed by atoms with Gasteiger partial charge in [-0.25, -0.2) is 29.9 Å². The van der Waals surface area contributed by atoms with Gasteiger partial charge >= 0.3 is 0 Å². The van der Waals surface area contributed by atoms with E-state index in [4.69, 9.17) is 29.9 Å².